The molecule has 2 saturated heterocycles. The lowest BCUT2D eigenvalue weighted by molar-refractivity contribution is -0.274. The maximum Gasteiger partial charge on any atom is 0.573 e. The molecule has 0 radical (unpaired) electrons. The molecule has 5 rings (SSSR count). The minimum Gasteiger partial charge on any atom is -0.406 e. The number of alkyl halides is 3. The van der Waals surface area contributed by atoms with Crippen molar-refractivity contribution in [3.05, 3.63) is 88.2 Å². The number of nitrogens with zero attached hydrogens (tertiary/aromatic N) is 3. The van der Waals surface area contributed by atoms with E-state index < -0.39 is 41.5 Å². The van der Waals surface area contributed by atoms with Crippen molar-refractivity contribution < 1.29 is 32.3 Å². The number of rotatable bonds is 6. The van der Waals surface area contributed by atoms with Gasteiger partial charge in [-0.1, -0.05) is 35.3 Å². The summed E-state index contributed by atoms with van der Waals surface area (Å²) in [6, 6.07) is 11.4. The number of hydrogen-bond donors (Lipinski definition) is 1. The van der Waals surface area contributed by atoms with Crippen molar-refractivity contribution in [1.82, 2.24) is 15.2 Å². The number of amides is 4. The fourth-order valence-electron chi connectivity index (χ4n) is 5.01. The third-order valence-corrected chi connectivity index (χ3v) is 6.98. The van der Waals surface area contributed by atoms with E-state index in [2.05, 4.69) is 15.0 Å². The van der Waals surface area contributed by atoms with Crippen LogP contribution >= 0.6 is 23.2 Å². The van der Waals surface area contributed by atoms with Gasteiger partial charge in [0.05, 0.1) is 11.3 Å². The second-order valence-electron chi connectivity index (χ2n) is 9.18. The Balaban J connectivity index is 1.46. The van der Waals surface area contributed by atoms with E-state index >= 15 is 0 Å². The Kier molecular flexibility index (Phi) is 6.90. The van der Waals surface area contributed by atoms with Crippen LogP contribution in [0.25, 0.3) is 0 Å². The number of imide groups is 1. The van der Waals surface area contributed by atoms with Crippen LogP contribution in [0.4, 0.5) is 23.7 Å². The number of ether oxygens (including phenoxy) is 1. The molecule has 0 saturated carbocycles. The molecule has 1 aromatic heterocycles. The van der Waals surface area contributed by atoms with Crippen molar-refractivity contribution in [2.45, 2.75) is 30.8 Å². The van der Waals surface area contributed by atoms with Gasteiger partial charge in [-0.15, -0.1) is 13.2 Å². The molecule has 0 spiro atoms. The number of fused-ring (bicyclic) bond motifs is 1. The van der Waals surface area contributed by atoms with E-state index in [1.165, 1.54) is 47.6 Å². The van der Waals surface area contributed by atoms with Crippen LogP contribution in [0.1, 0.15) is 22.3 Å². The molecule has 0 bridgehead atoms. The molecule has 202 valence electrons. The lowest BCUT2D eigenvalue weighted by Gasteiger charge is -2.28. The van der Waals surface area contributed by atoms with Crippen LogP contribution < -0.4 is 15.0 Å². The van der Waals surface area contributed by atoms with Crippen LogP contribution in [0, 0.1) is 0 Å². The number of anilines is 1. The van der Waals surface area contributed by atoms with Crippen molar-refractivity contribution >= 4 is 46.7 Å². The molecule has 4 amide bonds. The summed E-state index contributed by atoms with van der Waals surface area (Å²) in [7, 11) is 0. The van der Waals surface area contributed by atoms with Crippen molar-refractivity contribution in [3.8, 4) is 5.75 Å². The summed E-state index contributed by atoms with van der Waals surface area (Å²) in [5, 5.41) is 3.30. The first-order valence-corrected chi connectivity index (χ1v) is 12.4. The number of urea groups is 1. The SMILES string of the molecule is O=C(N[C@@H]1CN2C(=O)N(c3cc(Cl)cc(Cl)c3)C(=O)[C@]2(Cc2ccc(OC(F)(F)F)cc2)C1)c1cccnc1. The van der Waals surface area contributed by atoms with Crippen LogP contribution in [0.3, 0.4) is 0 Å². The monoisotopic (exact) mass is 578 g/mol. The quantitative estimate of drug-likeness (QED) is 0.404. The first-order valence-electron chi connectivity index (χ1n) is 11.6. The Bertz CT molecular complexity index is 1420. The summed E-state index contributed by atoms with van der Waals surface area (Å²) in [4.78, 5) is 46.6. The summed E-state index contributed by atoms with van der Waals surface area (Å²) in [6.45, 7) is 0.0244. The van der Waals surface area contributed by atoms with E-state index in [1.54, 1.807) is 12.1 Å². The number of hydrogen-bond acceptors (Lipinski definition) is 5. The standard InChI is InChI=1S/C26H19Cl2F3N4O4/c27-17-8-18(28)10-20(9-17)35-23(37)25(11-15-3-5-21(6-4-15)39-26(29,30)31)12-19(14-34(25)24(35)38)33-22(36)16-2-1-7-32-13-16/h1-10,13,19H,11-12,14H2,(H,33,36)/t19-,25-/m0/s1. The minimum absolute atomic E-state index is 0.0199. The molecule has 3 aromatic rings. The number of carbonyl (C=O) groups is 3. The van der Waals surface area contributed by atoms with Crippen molar-refractivity contribution in [1.29, 1.82) is 0 Å². The van der Waals surface area contributed by atoms with Gasteiger partial charge in [0.25, 0.3) is 11.8 Å². The van der Waals surface area contributed by atoms with Gasteiger partial charge in [-0.2, -0.15) is 0 Å². The Morgan fingerprint density at radius 3 is 2.41 bits per heavy atom. The van der Waals surface area contributed by atoms with Crippen LogP contribution in [0.15, 0.2) is 67.0 Å². The van der Waals surface area contributed by atoms with E-state index in [1.807, 2.05) is 0 Å². The van der Waals surface area contributed by atoms with Crippen LogP contribution in [0.2, 0.25) is 10.0 Å². The van der Waals surface area contributed by atoms with E-state index in [9.17, 15) is 27.6 Å². The zero-order chi connectivity index (χ0) is 27.9. The average molecular weight is 579 g/mol. The van der Waals surface area contributed by atoms with Crippen LogP contribution in [-0.4, -0.2) is 52.2 Å². The molecule has 0 unspecified atom stereocenters. The third-order valence-electron chi connectivity index (χ3n) is 6.55. The number of halogens is 5. The fraction of sp³-hybridized carbons (Fsp3) is 0.231. The Morgan fingerprint density at radius 2 is 1.79 bits per heavy atom. The third kappa shape index (κ3) is 5.37. The van der Waals surface area contributed by atoms with Gasteiger partial charge >= 0.3 is 12.4 Å². The van der Waals surface area contributed by atoms with Gasteiger partial charge in [-0.25, -0.2) is 9.69 Å². The maximum absolute atomic E-state index is 14.0. The van der Waals surface area contributed by atoms with E-state index in [-0.39, 0.29) is 35.1 Å². The van der Waals surface area contributed by atoms with Crippen molar-refractivity contribution in [3.63, 3.8) is 0 Å². The van der Waals surface area contributed by atoms with Crippen molar-refractivity contribution in [2.24, 2.45) is 0 Å². The summed E-state index contributed by atoms with van der Waals surface area (Å²) in [5.74, 6) is -1.41. The predicted molar refractivity (Wildman–Crippen MR) is 136 cm³/mol. The first kappa shape index (κ1) is 26.8. The van der Waals surface area contributed by atoms with E-state index in [0.717, 1.165) is 17.0 Å². The summed E-state index contributed by atoms with van der Waals surface area (Å²) in [5.41, 5.74) is -0.445. The zero-order valence-corrected chi connectivity index (χ0v) is 21.4. The van der Waals surface area contributed by atoms with Gasteiger partial charge < -0.3 is 15.0 Å². The van der Waals surface area contributed by atoms with E-state index in [4.69, 9.17) is 23.2 Å². The number of nitrogens with one attached hydrogen (secondary N) is 1. The van der Waals surface area contributed by atoms with Gasteiger partial charge in [0, 0.05) is 47.9 Å². The summed E-state index contributed by atoms with van der Waals surface area (Å²) in [6.07, 6.45) is -1.89. The first-order chi connectivity index (χ1) is 18.4. The molecule has 2 fully saturated rings. The highest BCUT2D eigenvalue weighted by Gasteiger charge is 2.62. The molecular weight excluding hydrogens is 560 g/mol. The molecule has 2 aliphatic rings. The van der Waals surface area contributed by atoms with Gasteiger partial charge in [0.15, 0.2) is 0 Å². The molecule has 1 N–H and O–H groups in total. The van der Waals surface area contributed by atoms with Gasteiger partial charge in [0.2, 0.25) is 0 Å². The predicted octanol–water partition coefficient (Wildman–Crippen LogP) is 5.24. The second kappa shape index (κ2) is 10.0. The lowest BCUT2D eigenvalue weighted by atomic mass is 9.87. The molecular formula is C26H19Cl2F3N4O4. The molecule has 2 aliphatic heterocycles. The highest BCUT2D eigenvalue weighted by molar-refractivity contribution is 6.35. The van der Waals surface area contributed by atoms with Gasteiger partial charge in [-0.3, -0.25) is 14.6 Å². The molecule has 2 aromatic carbocycles. The average Bonchev–Trinajstić information content (AvgIpc) is 3.31. The number of carbonyl (C=O) groups excluding carboxylic acids is 3. The summed E-state index contributed by atoms with van der Waals surface area (Å²) >= 11 is 12.2. The molecule has 39 heavy (non-hydrogen) atoms. The maximum atomic E-state index is 14.0. The van der Waals surface area contributed by atoms with Gasteiger partial charge in [0.1, 0.15) is 11.3 Å². The number of aromatic nitrogens is 1. The Hall–Kier alpha value is -3.83. The van der Waals surface area contributed by atoms with Crippen LogP contribution in [-0.2, 0) is 11.2 Å². The van der Waals surface area contributed by atoms with E-state index in [0.29, 0.717) is 11.1 Å². The molecule has 3 heterocycles. The highest BCUT2D eigenvalue weighted by atomic mass is 35.5. The highest BCUT2D eigenvalue weighted by Crippen LogP contribution is 2.43. The fourth-order valence-corrected chi connectivity index (χ4v) is 5.52. The minimum atomic E-state index is -4.85. The largest absolute Gasteiger partial charge is 0.573 e. The Morgan fingerprint density at radius 1 is 1.10 bits per heavy atom. The second-order valence-corrected chi connectivity index (χ2v) is 10.1. The molecule has 8 nitrogen and oxygen atoms in total. The normalized spacial score (nSPS) is 20.8. The number of benzene rings is 2. The summed E-state index contributed by atoms with van der Waals surface area (Å²) < 4.78 is 41.7. The number of pyridine rings is 1. The Labute approximate surface area is 230 Å². The topological polar surface area (TPSA) is 91.8 Å². The van der Waals surface area contributed by atoms with Crippen molar-refractivity contribution in [2.75, 3.05) is 11.4 Å². The lowest BCUT2D eigenvalue weighted by Crippen LogP contribution is -2.47. The smallest absolute Gasteiger partial charge is 0.406 e. The molecule has 0 aliphatic carbocycles. The zero-order valence-electron chi connectivity index (χ0n) is 19.9. The molecule has 2 atom stereocenters. The van der Waals surface area contributed by atoms with Gasteiger partial charge in [-0.05, 0) is 48.0 Å². The van der Waals surface area contributed by atoms with Crippen LogP contribution in [0.5, 0.6) is 5.75 Å². The molecule has 13 heteroatoms.